The number of hydrogen-bond donors (Lipinski definition) is 0. The summed E-state index contributed by atoms with van der Waals surface area (Å²) in [6.07, 6.45) is 75.2. The van der Waals surface area contributed by atoms with Crippen LogP contribution < -0.4 is 0 Å². The van der Waals surface area contributed by atoms with Gasteiger partial charge < -0.3 is 14.2 Å². The molecule has 73 heavy (non-hydrogen) atoms. The van der Waals surface area contributed by atoms with Crippen molar-refractivity contribution in [2.45, 2.75) is 374 Å². The van der Waals surface area contributed by atoms with Gasteiger partial charge in [-0.25, -0.2) is 0 Å². The number of hydrogen-bond acceptors (Lipinski definition) is 6. The summed E-state index contributed by atoms with van der Waals surface area (Å²) in [5.41, 5.74) is 0. The Morgan fingerprint density at radius 3 is 0.753 bits per heavy atom. The first-order valence-electron chi connectivity index (χ1n) is 32.8. The number of unbranched alkanes of at least 4 members (excludes halogenated alkanes) is 46. The Morgan fingerprint density at radius 2 is 0.493 bits per heavy atom. The summed E-state index contributed by atoms with van der Waals surface area (Å²) in [5.74, 6) is -0.845. The average Bonchev–Trinajstić information content (AvgIpc) is 3.39. The SMILES string of the molecule is CCCCCCC/C=C\C/C=C\CCCCCCCCCCCCCCCCCCCCCCCCCC(=O)OCC(COC(=O)CCCCCCCCCC)OC(=O)CCCCCCCCCCCCCC. The molecule has 0 radical (unpaired) electrons. The van der Waals surface area contributed by atoms with E-state index in [9.17, 15) is 14.4 Å². The first kappa shape index (κ1) is 70.9. The minimum absolute atomic E-state index is 0.0639. The molecular formula is C67H126O6. The second-order valence-corrected chi connectivity index (χ2v) is 22.4. The van der Waals surface area contributed by atoms with Gasteiger partial charge in [0, 0.05) is 19.3 Å². The molecule has 0 saturated carbocycles. The number of ether oxygens (including phenoxy) is 3. The lowest BCUT2D eigenvalue weighted by Gasteiger charge is -2.18. The van der Waals surface area contributed by atoms with Gasteiger partial charge in [-0.2, -0.15) is 0 Å². The van der Waals surface area contributed by atoms with Crippen LogP contribution in [-0.2, 0) is 28.6 Å². The topological polar surface area (TPSA) is 78.9 Å². The molecule has 6 nitrogen and oxygen atoms in total. The first-order valence-corrected chi connectivity index (χ1v) is 32.8. The highest BCUT2D eigenvalue weighted by atomic mass is 16.6. The molecule has 6 heteroatoms. The minimum atomic E-state index is -0.762. The molecule has 1 unspecified atom stereocenters. The number of rotatable bonds is 61. The Labute approximate surface area is 455 Å². The Kier molecular flexibility index (Phi) is 60.6. The maximum absolute atomic E-state index is 12.8. The summed E-state index contributed by atoms with van der Waals surface area (Å²) in [5, 5.41) is 0. The molecule has 0 bridgehead atoms. The summed E-state index contributed by atoms with van der Waals surface area (Å²) in [7, 11) is 0. The van der Waals surface area contributed by atoms with Crippen molar-refractivity contribution in [3.05, 3.63) is 24.3 Å². The normalized spacial score (nSPS) is 12.1. The van der Waals surface area contributed by atoms with Gasteiger partial charge in [0.25, 0.3) is 0 Å². The average molecular weight is 1030 g/mol. The van der Waals surface area contributed by atoms with E-state index in [1.54, 1.807) is 0 Å². The fourth-order valence-corrected chi connectivity index (χ4v) is 10.0. The summed E-state index contributed by atoms with van der Waals surface area (Å²) in [4.78, 5) is 38.0. The van der Waals surface area contributed by atoms with Crippen molar-refractivity contribution < 1.29 is 28.6 Å². The molecule has 0 aliphatic carbocycles. The molecule has 0 amide bonds. The van der Waals surface area contributed by atoms with Crippen molar-refractivity contribution in [1.82, 2.24) is 0 Å². The highest BCUT2D eigenvalue weighted by molar-refractivity contribution is 5.71. The summed E-state index contributed by atoms with van der Waals surface area (Å²) in [6.45, 7) is 6.65. The van der Waals surface area contributed by atoms with Crippen molar-refractivity contribution in [2.75, 3.05) is 13.2 Å². The smallest absolute Gasteiger partial charge is 0.306 e. The summed E-state index contributed by atoms with van der Waals surface area (Å²) in [6, 6.07) is 0. The molecule has 0 saturated heterocycles. The van der Waals surface area contributed by atoms with Crippen LogP contribution in [0, 0.1) is 0 Å². The van der Waals surface area contributed by atoms with E-state index in [4.69, 9.17) is 14.2 Å². The molecule has 0 aliphatic heterocycles. The van der Waals surface area contributed by atoms with Gasteiger partial charge >= 0.3 is 17.9 Å². The molecule has 0 aliphatic rings. The summed E-state index contributed by atoms with van der Waals surface area (Å²) < 4.78 is 16.8. The van der Waals surface area contributed by atoms with Crippen molar-refractivity contribution in [1.29, 1.82) is 0 Å². The zero-order chi connectivity index (χ0) is 52.9. The molecule has 0 fully saturated rings. The number of esters is 3. The van der Waals surface area contributed by atoms with Gasteiger partial charge in [0.1, 0.15) is 13.2 Å². The van der Waals surface area contributed by atoms with Crippen LogP contribution in [0.5, 0.6) is 0 Å². The van der Waals surface area contributed by atoms with Crippen LogP contribution in [0.3, 0.4) is 0 Å². The van der Waals surface area contributed by atoms with Gasteiger partial charge in [-0.15, -0.1) is 0 Å². The fraction of sp³-hybridized carbons (Fsp3) is 0.896. The van der Waals surface area contributed by atoms with E-state index in [0.717, 1.165) is 64.2 Å². The molecule has 0 heterocycles. The van der Waals surface area contributed by atoms with E-state index < -0.39 is 6.10 Å². The van der Waals surface area contributed by atoms with Gasteiger partial charge in [-0.1, -0.05) is 321 Å². The van der Waals surface area contributed by atoms with Crippen molar-refractivity contribution in [3.8, 4) is 0 Å². The Morgan fingerprint density at radius 1 is 0.274 bits per heavy atom. The highest BCUT2D eigenvalue weighted by Crippen LogP contribution is 2.18. The maximum Gasteiger partial charge on any atom is 0.306 e. The lowest BCUT2D eigenvalue weighted by molar-refractivity contribution is -0.167. The van der Waals surface area contributed by atoms with Gasteiger partial charge in [-0.3, -0.25) is 14.4 Å². The molecule has 0 aromatic rings. The predicted molar refractivity (Wildman–Crippen MR) is 316 cm³/mol. The quantitative estimate of drug-likeness (QED) is 0.0261. The highest BCUT2D eigenvalue weighted by Gasteiger charge is 2.19. The molecule has 0 rings (SSSR count). The lowest BCUT2D eigenvalue weighted by atomic mass is 10.0. The maximum atomic E-state index is 12.8. The number of allylic oxidation sites excluding steroid dienone is 4. The van der Waals surface area contributed by atoms with E-state index >= 15 is 0 Å². The van der Waals surface area contributed by atoms with Crippen LogP contribution >= 0.6 is 0 Å². The molecule has 0 spiro atoms. The van der Waals surface area contributed by atoms with E-state index in [1.165, 1.54) is 263 Å². The third-order valence-corrected chi connectivity index (χ3v) is 15.0. The second-order valence-electron chi connectivity index (χ2n) is 22.4. The van der Waals surface area contributed by atoms with Gasteiger partial charge in [0.05, 0.1) is 0 Å². The van der Waals surface area contributed by atoms with Crippen molar-refractivity contribution >= 4 is 17.9 Å². The van der Waals surface area contributed by atoms with Crippen LogP contribution in [0.25, 0.3) is 0 Å². The minimum Gasteiger partial charge on any atom is -0.462 e. The van der Waals surface area contributed by atoms with Crippen LogP contribution in [0.2, 0.25) is 0 Å². The van der Waals surface area contributed by atoms with Crippen LogP contribution in [-0.4, -0.2) is 37.2 Å². The molecular weight excluding hydrogens is 901 g/mol. The number of carbonyl (C=O) groups is 3. The number of carbonyl (C=O) groups excluding carboxylic acids is 3. The zero-order valence-electron chi connectivity index (χ0n) is 49.4. The third kappa shape index (κ3) is 60.6. The Hall–Kier alpha value is -2.11. The van der Waals surface area contributed by atoms with Crippen molar-refractivity contribution in [2.24, 2.45) is 0 Å². The molecule has 0 aromatic carbocycles. The standard InChI is InChI=1S/C67H126O6/c1-4-7-10-13-16-19-21-23-24-25-26-27-28-29-30-31-32-33-34-35-36-37-38-39-40-41-42-43-44-45-47-48-51-54-57-60-66(69)72-63-64(62-71-65(68)59-56-53-50-18-15-12-9-6-3)73-67(70)61-58-55-52-49-46-22-20-17-14-11-8-5-2/h21,23,25-26,64H,4-20,22,24,27-63H2,1-3H3/b23-21-,26-25-. The fourth-order valence-electron chi connectivity index (χ4n) is 10.0. The van der Waals surface area contributed by atoms with Gasteiger partial charge in [-0.05, 0) is 51.4 Å². The Bertz CT molecular complexity index is 1180. The van der Waals surface area contributed by atoms with E-state index in [-0.39, 0.29) is 31.1 Å². The predicted octanol–water partition coefficient (Wildman–Crippen LogP) is 22.2. The first-order chi connectivity index (χ1) is 36.0. The van der Waals surface area contributed by atoms with Crippen LogP contribution in [0.4, 0.5) is 0 Å². The van der Waals surface area contributed by atoms with Crippen LogP contribution in [0.15, 0.2) is 24.3 Å². The third-order valence-electron chi connectivity index (χ3n) is 15.0. The lowest BCUT2D eigenvalue weighted by Crippen LogP contribution is -2.30. The van der Waals surface area contributed by atoms with E-state index in [0.29, 0.717) is 19.3 Å². The molecule has 0 aromatic heterocycles. The van der Waals surface area contributed by atoms with E-state index in [1.807, 2.05) is 0 Å². The summed E-state index contributed by atoms with van der Waals surface area (Å²) >= 11 is 0. The zero-order valence-corrected chi connectivity index (χ0v) is 49.4. The van der Waals surface area contributed by atoms with Gasteiger partial charge in [0.15, 0.2) is 6.10 Å². The van der Waals surface area contributed by atoms with Crippen molar-refractivity contribution in [3.63, 3.8) is 0 Å². The monoisotopic (exact) mass is 1030 g/mol. The second kappa shape index (κ2) is 62.4. The Balaban J connectivity index is 3.89. The molecule has 430 valence electrons. The van der Waals surface area contributed by atoms with Gasteiger partial charge in [0.2, 0.25) is 0 Å². The largest absolute Gasteiger partial charge is 0.462 e. The molecule has 0 N–H and O–H groups in total. The van der Waals surface area contributed by atoms with E-state index in [2.05, 4.69) is 45.1 Å². The van der Waals surface area contributed by atoms with Crippen LogP contribution in [0.1, 0.15) is 367 Å². The molecule has 1 atom stereocenters.